The fourth-order valence-electron chi connectivity index (χ4n) is 0.658. The van der Waals surface area contributed by atoms with Crippen molar-refractivity contribution in [3.05, 3.63) is 0 Å². The standard InChI is InChI=1S/C8H16N2O/c1-4-5-6-8(11)10-7(2)9-3/h4-6H2,1-3H3,(H,9,10,11). The Labute approximate surface area is 67.9 Å². The van der Waals surface area contributed by atoms with Gasteiger partial charge in [-0.3, -0.25) is 9.79 Å². The van der Waals surface area contributed by atoms with Crippen molar-refractivity contribution in [1.82, 2.24) is 5.32 Å². The SMILES string of the molecule is CCCCC(=O)N/C(C)=N\C. The molecule has 0 heterocycles. The molecule has 0 aromatic heterocycles. The Hall–Kier alpha value is -0.860. The Balaban J connectivity index is 3.53. The summed E-state index contributed by atoms with van der Waals surface area (Å²) in [7, 11) is 1.66. The molecule has 1 N–H and O–H groups in total. The zero-order valence-electron chi connectivity index (χ0n) is 7.48. The lowest BCUT2D eigenvalue weighted by atomic mass is 10.2. The molecule has 0 rings (SSSR count). The number of rotatable bonds is 3. The average Bonchev–Trinajstić information content (AvgIpc) is 2.00. The predicted molar refractivity (Wildman–Crippen MR) is 46.7 cm³/mol. The van der Waals surface area contributed by atoms with E-state index in [1.165, 1.54) is 0 Å². The van der Waals surface area contributed by atoms with Crippen LogP contribution in [0.1, 0.15) is 33.1 Å². The number of amides is 1. The Morgan fingerprint density at radius 1 is 1.55 bits per heavy atom. The van der Waals surface area contributed by atoms with E-state index in [0.29, 0.717) is 12.3 Å². The first kappa shape index (κ1) is 10.1. The molecule has 1 amide bonds. The van der Waals surface area contributed by atoms with Gasteiger partial charge in [-0.1, -0.05) is 13.3 Å². The van der Waals surface area contributed by atoms with E-state index in [9.17, 15) is 4.79 Å². The molecule has 3 heteroatoms. The third kappa shape index (κ3) is 5.58. The maximum absolute atomic E-state index is 11.0. The van der Waals surface area contributed by atoms with Crippen LogP contribution in [0.5, 0.6) is 0 Å². The van der Waals surface area contributed by atoms with E-state index >= 15 is 0 Å². The molecule has 0 aromatic carbocycles. The molecule has 0 radical (unpaired) electrons. The topological polar surface area (TPSA) is 41.5 Å². The number of carbonyl (C=O) groups is 1. The van der Waals surface area contributed by atoms with E-state index in [0.717, 1.165) is 12.8 Å². The first-order chi connectivity index (χ1) is 5.20. The molecular formula is C8H16N2O. The van der Waals surface area contributed by atoms with Crippen LogP contribution in [0.2, 0.25) is 0 Å². The van der Waals surface area contributed by atoms with Crippen molar-refractivity contribution in [2.45, 2.75) is 33.1 Å². The lowest BCUT2D eigenvalue weighted by molar-refractivity contribution is -0.119. The second-order valence-electron chi connectivity index (χ2n) is 2.46. The van der Waals surface area contributed by atoms with Crippen molar-refractivity contribution in [2.75, 3.05) is 7.05 Å². The van der Waals surface area contributed by atoms with Gasteiger partial charge in [0.05, 0.1) is 5.84 Å². The summed E-state index contributed by atoms with van der Waals surface area (Å²) in [5.74, 6) is 0.751. The normalized spacial score (nSPS) is 11.4. The number of nitrogens with zero attached hydrogens (tertiary/aromatic N) is 1. The third-order valence-electron chi connectivity index (χ3n) is 1.41. The van der Waals surface area contributed by atoms with Crippen molar-refractivity contribution >= 4 is 11.7 Å². The second kappa shape index (κ2) is 5.89. The number of carbonyl (C=O) groups excluding carboxylic acids is 1. The van der Waals surface area contributed by atoms with Crippen LogP contribution in [-0.4, -0.2) is 18.8 Å². The van der Waals surface area contributed by atoms with Crippen LogP contribution < -0.4 is 5.32 Å². The van der Waals surface area contributed by atoms with Crippen LogP contribution in [-0.2, 0) is 4.79 Å². The van der Waals surface area contributed by atoms with E-state index in [1.54, 1.807) is 14.0 Å². The number of hydrogen-bond donors (Lipinski definition) is 1. The maximum atomic E-state index is 11.0. The van der Waals surface area contributed by atoms with Gasteiger partial charge in [-0.25, -0.2) is 0 Å². The fourth-order valence-corrected chi connectivity index (χ4v) is 0.658. The zero-order valence-corrected chi connectivity index (χ0v) is 7.48. The third-order valence-corrected chi connectivity index (χ3v) is 1.41. The molecule has 3 nitrogen and oxygen atoms in total. The molecule has 0 aliphatic carbocycles. The minimum Gasteiger partial charge on any atom is -0.315 e. The number of nitrogens with one attached hydrogen (secondary N) is 1. The van der Waals surface area contributed by atoms with Gasteiger partial charge in [0.15, 0.2) is 0 Å². The average molecular weight is 156 g/mol. The van der Waals surface area contributed by atoms with E-state index in [2.05, 4.69) is 17.2 Å². The van der Waals surface area contributed by atoms with Gasteiger partial charge in [-0.05, 0) is 13.3 Å². The fraction of sp³-hybridized carbons (Fsp3) is 0.750. The second-order valence-corrected chi connectivity index (χ2v) is 2.46. The minimum absolute atomic E-state index is 0.0648. The molecule has 0 atom stereocenters. The monoisotopic (exact) mass is 156 g/mol. The van der Waals surface area contributed by atoms with Crippen LogP contribution >= 0.6 is 0 Å². The largest absolute Gasteiger partial charge is 0.315 e. The summed E-state index contributed by atoms with van der Waals surface area (Å²) in [4.78, 5) is 14.8. The van der Waals surface area contributed by atoms with E-state index in [1.807, 2.05) is 0 Å². The zero-order chi connectivity index (χ0) is 8.69. The summed E-state index contributed by atoms with van der Waals surface area (Å²) in [6.45, 7) is 3.85. The molecule has 0 fully saturated rings. The van der Waals surface area contributed by atoms with Crippen molar-refractivity contribution in [3.8, 4) is 0 Å². The Bertz CT molecular complexity index is 152. The van der Waals surface area contributed by atoms with Crippen molar-refractivity contribution in [1.29, 1.82) is 0 Å². The highest BCUT2D eigenvalue weighted by Gasteiger charge is 1.99. The first-order valence-corrected chi connectivity index (χ1v) is 3.94. The molecule has 0 aliphatic heterocycles. The lowest BCUT2D eigenvalue weighted by Gasteiger charge is -2.01. The number of unbranched alkanes of at least 4 members (excludes halogenated alkanes) is 1. The van der Waals surface area contributed by atoms with Gasteiger partial charge in [0.1, 0.15) is 0 Å². The maximum Gasteiger partial charge on any atom is 0.225 e. The number of aliphatic imine (C=N–C) groups is 1. The van der Waals surface area contributed by atoms with Crippen LogP contribution in [0.3, 0.4) is 0 Å². The van der Waals surface area contributed by atoms with Gasteiger partial charge < -0.3 is 5.32 Å². The summed E-state index contributed by atoms with van der Waals surface area (Å²) in [6, 6.07) is 0. The highest BCUT2D eigenvalue weighted by Crippen LogP contribution is 1.92. The minimum atomic E-state index is 0.0648. The van der Waals surface area contributed by atoms with Gasteiger partial charge in [-0.2, -0.15) is 0 Å². The summed E-state index contributed by atoms with van der Waals surface area (Å²) in [6.07, 6.45) is 2.60. The Kier molecular flexibility index (Phi) is 5.43. The highest BCUT2D eigenvalue weighted by atomic mass is 16.1. The number of hydrogen-bond acceptors (Lipinski definition) is 2. The summed E-state index contributed by atoms with van der Waals surface area (Å²) in [5.41, 5.74) is 0. The van der Waals surface area contributed by atoms with Crippen LogP contribution in [0, 0.1) is 0 Å². The Morgan fingerprint density at radius 2 is 2.18 bits per heavy atom. The molecule has 0 aliphatic rings. The quantitative estimate of drug-likeness (QED) is 0.486. The Morgan fingerprint density at radius 3 is 2.64 bits per heavy atom. The van der Waals surface area contributed by atoms with E-state index < -0.39 is 0 Å². The van der Waals surface area contributed by atoms with Crippen LogP contribution in [0.25, 0.3) is 0 Å². The van der Waals surface area contributed by atoms with Crippen molar-refractivity contribution in [2.24, 2.45) is 4.99 Å². The molecule has 0 aromatic rings. The molecule has 64 valence electrons. The number of amidine groups is 1. The summed E-state index contributed by atoms with van der Waals surface area (Å²) in [5, 5.41) is 2.68. The molecular weight excluding hydrogens is 140 g/mol. The summed E-state index contributed by atoms with van der Waals surface area (Å²) >= 11 is 0. The van der Waals surface area contributed by atoms with Crippen molar-refractivity contribution < 1.29 is 4.79 Å². The molecule has 0 spiro atoms. The molecule has 11 heavy (non-hydrogen) atoms. The first-order valence-electron chi connectivity index (χ1n) is 3.94. The lowest BCUT2D eigenvalue weighted by Crippen LogP contribution is -2.27. The van der Waals surface area contributed by atoms with Gasteiger partial charge in [-0.15, -0.1) is 0 Å². The van der Waals surface area contributed by atoms with Crippen LogP contribution in [0.15, 0.2) is 4.99 Å². The molecule has 0 saturated carbocycles. The van der Waals surface area contributed by atoms with Gasteiger partial charge in [0.25, 0.3) is 0 Å². The predicted octanol–water partition coefficient (Wildman–Crippen LogP) is 1.34. The highest BCUT2D eigenvalue weighted by molar-refractivity contribution is 5.96. The molecule has 0 bridgehead atoms. The van der Waals surface area contributed by atoms with Gasteiger partial charge >= 0.3 is 0 Å². The van der Waals surface area contributed by atoms with Gasteiger partial charge in [0.2, 0.25) is 5.91 Å². The van der Waals surface area contributed by atoms with Crippen molar-refractivity contribution in [3.63, 3.8) is 0 Å². The van der Waals surface area contributed by atoms with E-state index in [4.69, 9.17) is 0 Å². The van der Waals surface area contributed by atoms with E-state index in [-0.39, 0.29) is 5.91 Å². The molecule has 0 unspecified atom stereocenters. The van der Waals surface area contributed by atoms with Crippen LogP contribution in [0.4, 0.5) is 0 Å². The van der Waals surface area contributed by atoms with Gasteiger partial charge in [0, 0.05) is 13.5 Å². The summed E-state index contributed by atoms with van der Waals surface area (Å²) < 4.78 is 0. The smallest absolute Gasteiger partial charge is 0.225 e. The molecule has 0 saturated heterocycles.